The molecule has 0 unspecified atom stereocenters. The molecule has 5 heteroatoms. The molecule has 0 aliphatic carbocycles. The molecule has 5 nitrogen and oxygen atoms in total. The number of amides is 1. The van der Waals surface area contributed by atoms with Crippen LogP contribution in [-0.2, 0) is 0 Å². The quantitative estimate of drug-likeness (QED) is 0.675. The second kappa shape index (κ2) is 9.90. The minimum absolute atomic E-state index is 0.0382. The molecule has 1 amide bonds. The average molecular weight is 354 g/mol. The Hall–Kier alpha value is -2.43. The van der Waals surface area contributed by atoms with Crippen LogP contribution in [0, 0.1) is 0 Å². The fourth-order valence-corrected chi connectivity index (χ4v) is 2.98. The first kappa shape index (κ1) is 19.9. The zero-order valence-electron chi connectivity index (χ0n) is 16.4. The van der Waals surface area contributed by atoms with E-state index in [9.17, 15) is 4.79 Å². The van der Waals surface area contributed by atoms with Crippen LogP contribution in [0.4, 0.5) is 5.82 Å². The van der Waals surface area contributed by atoms with Crippen LogP contribution in [0.1, 0.15) is 51.0 Å². The molecule has 1 aromatic carbocycles. The molecule has 0 saturated carbocycles. The van der Waals surface area contributed by atoms with Gasteiger partial charge in [-0.3, -0.25) is 4.79 Å². The van der Waals surface area contributed by atoms with Crippen molar-refractivity contribution in [2.75, 3.05) is 31.1 Å². The first-order valence-electron chi connectivity index (χ1n) is 9.63. The van der Waals surface area contributed by atoms with Crippen LogP contribution < -0.4 is 4.90 Å². The normalized spacial score (nSPS) is 10.6. The number of aromatic nitrogens is 2. The van der Waals surface area contributed by atoms with Crippen molar-refractivity contribution in [2.45, 2.75) is 40.5 Å². The summed E-state index contributed by atoms with van der Waals surface area (Å²) in [7, 11) is 0. The molecule has 2 aromatic rings. The molecule has 1 aromatic heterocycles. The Morgan fingerprint density at radius 3 is 2.08 bits per heavy atom. The van der Waals surface area contributed by atoms with Gasteiger partial charge >= 0.3 is 0 Å². The SMILES string of the molecule is CCCN(CCC)c1cc(C(=O)N(CC)CC)nc(-c2ccccc2)n1. The van der Waals surface area contributed by atoms with Gasteiger partial charge in [0.2, 0.25) is 0 Å². The molecule has 0 radical (unpaired) electrons. The van der Waals surface area contributed by atoms with E-state index in [1.165, 1.54) is 0 Å². The zero-order valence-corrected chi connectivity index (χ0v) is 16.4. The van der Waals surface area contributed by atoms with Crippen LogP contribution in [-0.4, -0.2) is 47.0 Å². The molecule has 0 fully saturated rings. The highest BCUT2D eigenvalue weighted by Crippen LogP contribution is 2.21. The summed E-state index contributed by atoms with van der Waals surface area (Å²) in [6, 6.07) is 11.7. The molecule has 0 bridgehead atoms. The van der Waals surface area contributed by atoms with Gasteiger partial charge in [0.1, 0.15) is 11.5 Å². The number of hydrogen-bond acceptors (Lipinski definition) is 4. The van der Waals surface area contributed by atoms with Gasteiger partial charge in [0, 0.05) is 37.8 Å². The number of hydrogen-bond donors (Lipinski definition) is 0. The molecule has 0 spiro atoms. The Labute approximate surface area is 157 Å². The van der Waals surface area contributed by atoms with E-state index in [4.69, 9.17) is 4.98 Å². The first-order chi connectivity index (χ1) is 12.6. The molecular weight excluding hydrogens is 324 g/mol. The summed E-state index contributed by atoms with van der Waals surface area (Å²) in [5, 5.41) is 0. The van der Waals surface area contributed by atoms with E-state index in [-0.39, 0.29) is 5.91 Å². The van der Waals surface area contributed by atoms with Gasteiger partial charge < -0.3 is 9.80 Å². The molecule has 26 heavy (non-hydrogen) atoms. The van der Waals surface area contributed by atoms with Crippen molar-refractivity contribution in [3.63, 3.8) is 0 Å². The molecule has 1 heterocycles. The smallest absolute Gasteiger partial charge is 0.272 e. The average Bonchev–Trinajstić information content (AvgIpc) is 2.69. The maximum atomic E-state index is 12.9. The van der Waals surface area contributed by atoms with Gasteiger partial charge in [-0.1, -0.05) is 44.2 Å². The fourth-order valence-electron chi connectivity index (χ4n) is 2.98. The zero-order chi connectivity index (χ0) is 18.9. The summed E-state index contributed by atoms with van der Waals surface area (Å²) >= 11 is 0. The molecular formula is C21H30N4O. The molecule has 0 aliphatic rings. The van der Waals surface area contributed by atoms with Gasteiger partial charge in [-0.25, -0.2) is 9.97 Å². The van der Waals surface area contributed by atoms with Crippen molar-refractivity contribution < 1.29 is 4.79 Å². The monoisotopic (exact) mass is 354 g/mol. The van der Waals surface area contributed by atoms with Crippen molar-refractivity contribution in [1.29, 1.82) is 0 Å². The van der Waals surface area contributed by atoms with E-state index in [0.29, 0.717) is 24.6 Å². The van der Waals surface area contributed by atoms with Crippen molar-refractivity contribution in [1.82, 2.24) is 14.9 Å². The van der Waals surface area contributed by atoms with Gasteiger partial charge in [-0.2, -0.15) is 0 Å². The molecule has 0 aliphatic heterocycles. The summed E-state index contributed by atoms with van der Waals surface area (Å²) in [5.41, 5.74) is 1.39. The standard InChI is InChI=1S/C21H30N4O/c1-5-14-25(15-6-2)19-16-18(21(26)24(7-3)8-4)22-20(23-19)17-12-10-9-11-13-17/h9-13,16H,5-8,14-15H2,1-4H3. The number of anilines is 1. The Bertz CT molecular complexity index is 692. The second-order valence-corrected chi connectivity index (χ2v) is 6.27. The largest absolute Gasteiger partial charge is 0.357 e. The predicted molar refractivity (Wildman–Crippen MR) is 108 cm³/mol. The van der Waals surface area contributed by atoms with Gasteiger partial charge in [-0.15, -0.1) is 0 Å². The summed E-state index contributed by atoms with van der Waals surface area (Å²) in [6.07, 6.45) is 2.06. The van der Waals surface area contributed by atoms with Crippen molar-refractivity contribution in [3.05, 3.63) is 42.1 Å². The lowest BCUT2D eigenvalue weighted by molar-refractivity contribution is 0.0767. The van der Waals surface area contributed by atoms with Crippen LogP contribution in [0.15, 0.2) is 36.4 Å². The number of carbonyl (C=O) groups excluding carboxylic acids is 1. The highest BCUT2D eigenvalue weighted by Gasteiger charge is 2.19. The van der Waals surface area contributed by atoms with Gasteiger partial charge in [0.15, 0.2) is 5.82 Å². The Balaban J connectivity index is 2.53. The number of benzene rings is 1. The lowest BCUT2D eigenvalue weighted by Crippen LogP contribution is -2.32. The van der Waals surface area contributed by atoms with E-state index in [2.05, 4.69) is 23.7 Å². The molecule has 0 atom stereocenters. The van der Waals surface area contributed by atoms with E-state index in [0.717, 1.165) is 37.3 Å². The van der Waals surface area contributed by atoms with Crippen LogP contribution in [0.5, 0.6) is 0 Å². The fraction of sp³-hybridized carbons (Fsp3) is 0.476. The maximum Gasteiger partial charge on any atom is 0.272 e. The van der Waals surface area contributed by atoms with Crippen LogP contribution in [0.25, 0.3) is 11.4 Å². The summed E-state index contributed by atoms with van der Waals surface area (Å²) in [4.78, 5) is 26.3. The van der Waals surface area contributed by atoms with Crippen LogP contribution in [0.3, 0.4) is 0 Å². The van der Waals surface area contributed by atoms with E-state index in [1.54, 1.807) is 4.90 Å². The summed E-state index contributed by atoms with van der Waals surface area (Å²) in [5.74, 6) is 1.40. The molecule has 140 valence electrons. The van der Waals surface area contributed by atoms with Crippen molar-refractivity contribution in [2.24, 2.45) is 0 Å². The van der Waals surface area contributed by atoms with E-state index in [1.807, 2.05) is 50.2 Å². The topological polar surface area (TPSA) is 49.3 Å². The minimum atomic E-state index is -0.0382. The number of rotatable bonds is 9. The first-order valence-corrected chi connectivity index (χ1v) is 9.63. The Morgan fingerprint density at radius 2 is 1.54 bits per heavy atom. The summed E-state index contributed by atoms with van der Waals surface area (Å²) in [6.45, 7) is 11.5. The highest BCUT2D eigenvalue weighted by molar-refractivity contribution is 5.93. The minimum Gasteiger partial charge on any atom is -0.357 e. The van der Waals surface area contributed by atoms with Crippen molar-refractivity contribution >= 4 is 11.7 Å². The highest BCUT2D eigenvalue weighted by atomic mass is 16.2. The third-order valence-electron chi connectivity index (χ3n) is 4.33. The lowest BCUT2D eigenvalue weighted by atomic mass is 10.2. The van der Waals surface area contributed by atoms with Crippen LogP contribution in [0.2, 0.25) is 0 Å². The van der Waals surface area contributed by atoms with Gasteiger partial charge in [0.25, 0.3) is 5.91 Å². The van der Waals surface area contributed by atoms with Crippen LogP contribution >= 0.6 is 0 Å². The number of nitrogens with zero attached hydrogens (tertiary/aromatic N) is 4. The number of carbonyl (C=O) groups is 1. The molecule has 0 saturated heterocycles. The Kier molecular flexibility index (Phi) is 7.57. The second-order valence-electron chi connectivity index (χ2n) is 6.27. The molecule has 0 N–H and O–H groups in total. The van der Waals surface area contributed by atoms with Gasteiger partial charge in [0.05, 0.1) is 0 Å². The summed E-state index contributed by atoms with van der Waals surface area (Å²) < 4.78 is 0. The molecule has 2 rings (SSSR count). The van der Waals surface area contributed by atoms with Crippen molar-refractivity contribution in [3.8, 4) is 11.4 Å². The predicted octanol–water partition coefficient (Wildman–Crippen LogP) is 4.25. The van der Waals surface area contributed by atoms with E-state index < -0.39 is 0 Å². The Morgan fingerprint density at radius 1 is 0.923 bits per heavy atom. The third kappa shape index (κ3) is 4.81. The van der Waals surface area contributed by atoms with E-state index >= 15 is 0 Å². The lowest BCUT2D eigenvalue weighted by Gasteiger charge is -2.24. The maximum absolute atomic E-state index is 12.9. The third-order valence-corrected chi connectivity index (χ3v) is 4.33. The van der Waals surface area contributed by atoms with Gasteiger partial charge in [-0.05, 0) is 26.7 Å².